The minimum Gasteiger partial charge on any atom is -0.356 e. The Morgan fingerprint density at radius 2 is 1.38 bits per heavy atom. The Hall–Kier alpha value is -2.44. The van der Waals surface area contributed by atoms with E-state index in [0.29, 0.717) is 0 Å². The molecule has 0 radical (unpaired) electrons. The Labute approximate surface area is 142 Å². The maximum Gasteiger partial charge on any atom is 0.227 e. The van der Waals surface area contributed by atoms with Gasteiger partial charge in [0.2, 0.25) is 11.9 Å². The third-order valence-corrected chi connectivity index (χ3v) is 4.66. The van der Waals surface area contributed by atoms with Gasteiger partial charge in [-0.15, -0.1) is 0 Å². The van der Waals surface area contributed by atoms with E-state index in [2.05, 4.69) is 42.6 Å². The van der Waals surface area contributed by atoms with Crippen LogP contribution in [0.3, 0.4) is 0 Å². The van der Waals surface area contributed by atoms with Crippen LogP contribution in [0.4, 0.5) is 17.7 Å². The molecule has 0 amide bonds. The number of hydrogen-bond donors (Lipinski definition) is 0. The normalized spacial score (nSPS) is 18.3. The molecule has 2 aliphatic heterocycles. The predicted octanol–water partition coefficient (Wildman–Crippen LogP) is 1.50. The topological polar surface area (TPSA) is 61.3 Å². The highest BCUT2D eigenvalue weighted by Gasteiger charge is 2.22. The molecule has 126 valence electrons. The number of aromatic nitrogens is 4. The number of rotatable bonds is 3. The number of anilines is 3. The Morgan fingerprint density at radius 1 is 0.750 bits per heavy atom. The van der Waals surface area contributed by atoms with Gasteiger partial charge in [0.05, 0.1) is 0 Å². The van der Waals surface area contributed by atoms with Gasteiger partial charge in [0.25, 0.3) is 0 Å². The summed E-state index contributed by atoms with van der Waals surface area (Å²) >= 11 is 0. The summed E-state index contributed by atoms with van der Waals surface area (Å²) in [5.41, 5.74) is 1.04. The molecule has 4 rings (SSSR count). The van der Waals surface area contributed by atoms with Gasteiger partial charge in [-0.2, -0.15) is 4.98 Å². The fourth-order valence-electron chi connectivity index (χ4n) is 3.35. The van der Waals surface area contributed by atoms with Crippen molar-refractivity contribution in [2.75, 3.05) is 54.0 Å². The molecule has 4 heterocycles. The minimum atomic E-state index is 0.806. The predicted molar refractivity (Wildman–Crippen MR) is 94.7 cm³/mol. The van der Waals surface area contributed by atoms with Crippen molar-refractivity contribution in [1.29, 1.82) is 0 Å². The zero-order valence-corrected chi connectivity index (χ0v) is 14.1. The first-order chi connectivity index (χ1) is 11.8. The monoisotopic (exact) mass is 325 g/mol. The highest BCUT2D eigenvalue weighted by atomic mass is 15.4. The Bertz CT molecular complexity index is 677. The molecule has 24 heavy (non-hydrogen) atoms. The van der Waals surface area contributed by atoms with E-state index in [4.69, 9.17) is 4.98 Å². The second-order valence-corrected chi connectivity index (χ2v) is 6.38. The minimum absolute atomic E-state index is 0.806. The van der Waals surface area contributed by atoms with E-state index in [-0.39, 0.29) is 0 Å². The summed E-state index contributed by atoms with van der Waals surface area (Å²) in [7, 11) is 0. The highest BCUT2D eigenvalue weighted by molar-refractivity contribution is 5.47. The van der Waals surface area contributed by atoms with Crippen molar-refractivity contribution in [3.8, 4) is 0 Å². The maximum absolute atomic E-state index is 4.83. The van der Waals surface area contributed by atoms with Gasteiger partial charge in [-0.25, -0.2) is 15.0 Å². The third-order valence-electron chi connectivity index (χ3n) is 4.66. The summed E-state index contributed by atoms with van der Waals surface area (Å²) in [6, 6.07) is 3.95. The van der Waals surface area contributed by atoms with Crippen LogP contribution in [-0.2, 0) is 0 Å². The molecule has 7 nitrogen and oxygen atoms in total. The van der Waals surface area contributed by atoms with E-state index in [1.807, 2.05) is 6.07 Å². The molecule has 2 saturated heterocycles. The first-order valence-electron chi connectivity index (χ1n) is 8.67. The molecule has 0 spiro atoms. The van der Waals surface area contributed by atoms with E-state index in [0.717, 1.165) is 62.7 Å². The molecule has 0 saturated carbocycles. The van der Waals surface area contributed by atoms with Gasteiger partial charge < -0.3 is 14.7 Å². The molecule has 2 aliphatic rings. The lowest BCUT2D eigenvalue weighted by Gasteiger charge is -2.35. The van der Waals surface area contributed by atoms with Crippen LogP contribution in [0, 0.1) is 6.92 Å². The molecule has 2 aromatic rings. The van der Waals surface area contributed by atoms with Crippen molar-refractivity contribution in [2.45, 2.75) is 19.8 Å². The van der Waals surface area contributed by atoms with E-state index < -0.39 is 0 Å². The molecule has 0 aromatic carbocycles. The summed E-state index contributed by atoms with van der Waals surface area (Å²) in [5.74, 6) is 2.73. The highest BCUT2D eigenvalue weighted by Crippen LogP contribution is 2.22. The summed E-state index contributed by atoms with van der Waals surface area (Å²) in [4.78, 5) is 25.0. The quantitative estimate of drug-likeness (QED) is 0.847. The van der Waals surface area contributed by atoms with Crippen LogP contribution >= 0.6 is 0 Å². The molecule has 0 N–H and O–H groups in total. The average molecular weight is 325 g/mol. The van der Waals surface area contributed by atoms with Gasteiger partial charge in [-0.3, -0.25) is 0 Å². The summed E-state index contributed by atoms with van der Waals surface area (Å²) in [5, 5.41) is 0. The first kappa shape index (κ1) is 15.1. The summed E-state index contributed by atoms with van der Waals surface area (Å²) in [6.07, 6.45) is 6.10. The van der Waals surface area contributed by atoms with Crippen LogP contribution in [0.2, 0.25) is 0 Å². The van der Waals surface area contributed by atoms with E-state index in [1.54, 1.807) is 12.4 Å². The molecule has 0 unspecified atom stereocenters. The lowest BCUT2D eigenvalue weighted by molar-refractivity contribution is 0.626. The summed E-state index contributed by atoms with van der Waals surface area (Å²) < 4.78 is 0. The molecule has 7 heteroatoms. The molecular weight excluding hydrogens is 302 g/mol. The molecule has 0 aliphatic carbocycles. The van der Waals surface area contributed by atoms with Crippen molar-refractivity contribution in [3.05, 3.63) is 30.2 Å². The number of piperazine rings is 1. The van der Waals surface area contributed by atoms with Crippen molar-refractivity contribution in [3.63, 3.8) is 0 Å². The van der Waals surface area contributed by atoms with Gasteiger partial charge >= 0.3 is 0 Å². The lowest BCUT2D eigenvalue weighted by Crippen LogP contribution is -2.47. The van der Waals surface area contributed by atoms with Gasteiger partial charge in [-0.05, 0) is 25.8 Å². The molecule has 2 fully saturated rings. The second-order valence-electron chi connectivity index (χ2n) is 6.38. The van der Waals surface area contributed by atoms with Crippen LogP contribution in [0.1, 0.15) is 18.5 Å². The van der Waals surface area contributed by atoms with Crippen molar-refractivity contribution < 1.29 is 0 Å². The fraction of sp³-hybridized carbons (Fsp3) is 0.529. The first-order valence-corrected chi connectivity index (χ1v) is 8.67. The number of hydrogen-bond acceptors (Lipinski definition) is 7. The van der Waals surface area contributed by atoms with E-state index in [1.165, 1.54) is 12.8 Å². The van der Waals surface area contributed by atoms with Crippen LogP contribution in [0.25, 0.3) is 0 Å². The zero-order valence-electron chi connectivity index (χ0n) is 14.1. The van der Waals surface area contributed by atoms with Crippen LogP contribution in [0.5, 0.6) is 0 Å². The Balaban J connectivity index is 1.47. The van der Waals surface area contributed by atoms with Crippen molar-refractivity contribution >= 4 is 17.7 Å². The van der Waals surface area contributed by atoms with Crippen molar-refractivity contribution in [1.82, 2.24) is 19.9 Å². The molecule has 2 aromatic heterocycles. The smallest absolute Gasteiger partial charge is 0.227 e. The summed E-state index contributed by atoms with van der Waals surface area (Å²) in [6.45, 7) is 7.83. The van der Waals surface area contributed by atoms with Crippen LogP contribution < -0.4 is 14.7 Å². The van der Waals surface area contributed by atoms with Crippen LogP contribution in [0.15, 0.2) is 24.5 Å². The fourth-order valence-corrected chi connectivity index (χ4v) is 3.35. The molecular formula is C17H23N7. The Kier molecular flexibility index (Phi) is 4.15. The van der Waals surface area contributed by atoms with E-state index in [9.17, 15) is 0 Å². The molecule has 0 atom stereocenters. The van der Waals surface area contributed by atoms with Gasteiger partial charge in [0.1, 0.15) is 5.82 Å². The average Bonchev–Trinajstić information content (AvgIpc) is 3.17. The van der Waals surface area contributed by atoms with Gasteiger partial charge in [0, 0.05) is 63.4 Å². The Morgan fingerprint density at radius 3 is 2.04 bits per heavy atom. The largest absolute Gasteiger partial charge is 0.356 e. The second kappa shape index (κ2) is 6.59. The SMILES string of the molecule is Cc1cc(N2CCCC2)nc(N2CCN(c3ncccn3)CC2)n1. The van der Waals surface area contributed by atoms with Gasteiger partial charge in [-0.1, -0.05) is 0 Å². The standard InChI is InChI=1S/C17H23N7/c1-14-13-15(22-7-2-3-8-22)21-17(20-14)24-11-9-23(10-12-24)16-18-5-4-6-19-16/h4-6,13H,2-3,7-12H2,1H3. The van der Waals surface area contributed by atoms with Crippen molar-refractivity contribution in [2.24, 2.45) is 0 Å². The van der Waals surface area contributed by atoms with Crippen LogP contribution in [-0.4, -0.2) is 59.2 Å². The maximum atomic E-state index is 4.83. The molecule has 0 bridgehead atoms. The lowest BCUT2D eigenvalue weighted by atomic mass is 10.3. The third kappa shape index (κ3) is 3.11. The van der Waals surface area contributed by atoms with E-state index >= 15 is 0 Å². The number of nitrogens with zero attached hydrogens (tertiary/aromatic N) is 7. The zero-order chi connectivity index (χ0) is 16.4. The van der Waals surface area contributed by atoms with Gasteiger partial charge in [0.15, 0.2) is 0 Å². The number of aryl methyl sites for hydroxylation is 1.